The van der Waals surface area contributed by atoms with Gasteiger partial charge in [-0.3, -0.25) is 4.79 Å². The maximum atomic E-state index is 12.2. The van der Waals surface area contributed by atoms with Gasteiger partial charge in [0.25, 0.3) is 0 Å². The Morgan fingerprint density at radius 1 is 1.25 bits per heavy atom. The number of ether oxygens (including phenoxy) is 1. The molecule has 1 aromatic carbocycles. The minimum atomic E-state index is 0.0557. The van der Waals surface area contributed by atoms with Gasteiger partial charge >= 0.3 is 0 Å². The van der Waals surface area contributed by atoms with Gasteiger partial charge in [-0.2, -0.15) is 0 Å². The highest BCUT2D eigenvalue weighted by atomic mass is 16.5. The first-order chi connectivity index (χ1) is 9.70. The molecule has 0 aliphatic heterocycles. The molecule has 3 nitrogen and oxygen atoms in total. The van der Waals surface area contributed by atoms with Crippen LogP contribution in [-0.2, 0) is 4.79 Å². The molecule has 1 saturated carbocycles. The predicted octanol–water partition coefficient (Wildman–Crippen LogP) is 3.84. The van der Waals surface area contributed by atoms with Crippen molar-refractivity contribution in [2.75, 3.05) is 6.61 Å². The number of carbonyl (C=O) groups excluding carboxylic acids is 1. The van der Waals surface area contributed by atoms with E-state index in [-0.39, 0.29) is 17.9 Å². The summed E-state index contributed by atoms with van der Waals surface area (Å²) in [5.41, 5.74) is 1.12. The van der Waals surface area contributed by atoms with Crippen LogP contribution in [0.1, 0.15) is 57.6 Å². The number of hydrogen-bond donors (Lipinski definition) is 1. The average molecular weight is 275 g/mol. The summed E-state index contributed by atoms with van der Waals surface area (Å²) in [6.07, 6.45) is 5.74. The summed E-state index contributed by atoms with van der Waals surface area (Å²) in [4.78, 5) is 12.2. The summed E-state index contributed by atoms with van der Waals surface area (Å²) >= 11 is 0. The molecule has 0 unspecified atom stereocenters. The van der Waals surface area contributed by atoms with Crippen LogP contribution in [0.15, 0.2) is 24.3 Å². The first-order valence-electron chi connectivity index (χ1n) is 7.74. The lowest BCUT2D eigenvalue weighted by atomic mass is 9.88. The van der Waals surface area contributed by atoms with E-state index in [9.17, 15) is 4.79 Å². The molecular weight excluding hydrogens is 250 g/mol. The lowest BCUT2D eigenvalue weighted by Gasteiger charge is -2.23. The maximum absolute atomic E-state index is 12.2. The van der Waals surface area contributed by atoms with Crippen LogP contribution >= 0.6 is 0 Å². The first kappa shape index (κ1) is 14.9. The van der Waals surface area contributed by atoms with Crippen LogP contribution in [0.4, 0.5) is 0 Å². The van der Waals surface area contributed by atoms with Crippen LogP contribution in [-0.4, -0.2) is 12.5 Å². The van der Waals surface area contributed by atoms with Gasteiger partial charge in [-0.25, -0.2) is 0 Å². The van der Waals surface area contributed by atoms with Crippen molar-refractivity contribution in [2.24, 2.45) is 5.92 Å². The van der Waals surface area contributed by atoms with E-state index in [1.807, 2.05) is 38.1 Å². The number of hydrogen-bond acceptors (Lipinski definition) is 2. The van der Waals surface area contributed by atoms with Crippen LogP contribution in [0, 0.1) is 5.92 Å². The highest BCUT2D eigenvalue weighted by molar-refractivity contribution is 5.79. The van der Waals surface area contributed by atoms with Gasteiger partial charge in [-0.1, -0.05) is 31.4 Å². The van der Waals surface area contributed by atoms with Crippen molar-refractivity contribution in [2.45, 2.75) is 52.0 Å². The van der Waals surface area contributed by atoms with Crippen LogP contribution in [0.5, 0.6) is 5.75 Å². The summed E-state index contributed by atoms with van der Waals surface area (Å²) in [5.74, 6) is 1.31. The molecule has 20 heavy (non-hydrogen) atoms. The second-order valence-electron chi connectivity index (χ2n) is 5.57. The van der Waals surface area contributed by atoms with Crippen molar-refractivity contribution in [3.63, 3.8) is 0 Å². The Morgan fingerprint density at radius 2 is 1.90 bits per heavy atom. The molecule has 110 valence electrons. The molecule has 1 atom stereocenters. The van der Waals surface area contributed by atoms with Crippen LogP contribution in [0.3, 0.4) is 0 Å². The third-order valence-electron chi connectivity index (χ3n) is 4.03. The lowest BCUT2D eigenvalue weighted by Crippen LogP contribution is -2.33. The van der Waals surface area contributed by atoms with E-state index in [1.165, 1.54) is 19.3 Å². The largest absolute Gasteiger partial charge is 0.494 e. The standard InChI is InChI=1S/C17H25NO2/c1-3-20-16-11-9-14(10-12-16)13(2)18-17(19)15-7-5-4-6-8-15/h9-13,15H,3-8H2,1-2H3,(H,18,19)/t13-/m1/s1. The van der Waals surface area contributed by atoms with Crippen LogP contribution < -0.4 is 10.1 Å². The highest BCUT2D eigenvalue weighted by Crippen LogP contribution is 2.25. The highest BCUT2D eigenvalue weighted by Gasteiger charge is 2.22. The zero-order valence-corrected chi connectivity index (χ0v) is 12.5. The van der Waals surface area contributed by atoms with Gasteiger partial charge in [0, 0.05) is 5.92 Å². The van der Waals surface area contributed by atoms with Crippen LogP contribution in [0.25, 0.3) is 0 Å². The Labute approximate surface area is 121 Å². The van der Waals surface area contributed by atoms with E-state index in [4.69, 9.17) is 4.74 Å². The fourth-order valence-corrected chi connectivity index (χ4v) is 2.80. The average Bonchev–Trinajstić information content (AvgIpc) is 2.49. The van der Waals surface area contributed by atoms with E-state index in [2.05, 4.69) is 5.32 Å². The summed E-state index contributed by atoms with van der Waals surface area (Å²) in [5, 5.41) is 3.14. The van der Waals surface area contributed by atoms with Gasteiger partial charge in [0.1, 0.15) is 5.75 Å². The minimum absolute atomic E-state index is 0.0557. The monoisotopic (exact) mass is 275 g/mol. The summed E-state index contributed by atoms with van der Waals surface area (Å²) in [6, 6.07) is 8.03. The van der Waals surface area contributed by atoms with Crippen molar-refractivity contribution in [1.29, 1.82) is 0 Å². The van der Waals surface area contributed by atoms with Crippen molar-refractivity contribution in [1.82, 2.24) is 5.32 Å². The lowest BCUT2D eigenvalue weighted by molar-refractivity contribution is -0.126. The number of benzene rings is 1. The van der Waals surface area contributed by atoms with Gasteiger partial charge < -0.3 is 10.1 Å². The summed E-state index contributed by atoms with van der Waals surface area (Å²) in [7, 11) is 0. The molecule has 1 amide bonds. The van der Waals surface area contributed by atoms with Crippen molar-refractivity contribution in [3.05, 3.63) is 29.8 Å². The van der Waals surface area contributed by atoms with E-state index < -0.39 is 0 Å². The third-order valence-corrected chi connectivity index (χ3v) is 4.03. The minimum Gasteiger partial charge on any atom is -0.494 e. The SMILES string of the molecule is CCOc1ccc([C@@H](C)NC(=O)C2CCCCC2)cc1. The molecule has 2 rings (SSSR count). The van der Waals surface area contributed by atoms with Gasteiger partial charge in [0.15, 0.2) is 0 Å². The zero-order chi connectivity index (χ0) is 14.4. The molecule has 0 radical (unpaired) electrons. The van der Waals surface area contributed by atoms with Crippen LogP contribution in [0.2, 0.25) is 0 Å². The maximum Gasteiger partial charge on any atom is 0.223 e. The van der Waals surface area contributed by atoms with Gasteiger partial charge in [-0.15, -0.1) is 0 Å². The van der Waals surface area contributed by atoms with Gasteiger partial charge in [0.05, 0.1) is 12.6 Å². The molecule has 3 heteroatoms. The summed E-state index contributed by atoms with van der Waals surface area (Å²) < 4.78 is 5.43. The summed E-state index contributed by atoms with van der Waals surface area (Å²) in [6.45, 7) is 4.69. The van der Waals surface area contributed by atoms with Gasteiger partial charge in [0.2, 0.25) is 5.91 Å². The Kier molecular flexibility index (Phi) is 5.45. The molecule has 0 bridgehead atoms. The third kappa shape index (κ3) is 3.99. The Hall–Kier alpha value is -1.51. The van der Waals surface area contributed by atoms with Crippen molar-refractivity contribution < 1.29 is 9.53 Å². The van der Waals surface area contributed by atoms with Crippen molar-refractivity contribution in [3.8, 4) is 5.75 Å². The molecule has 0 heterocycles. The molecule has 1 aliphatic carbocycles. The Bertz CT molecular complexity index is 421. The van der Waals surface area contributed by atoms with E-state index in [1.54, 1.807) is 0 Å². The number of rotatable bonds is 5. The molecule has 1 aliphatic rings. The van der Waals surface area contributed by atoms with Crippen molar-refractivity contribution >= 4 is 5.91 Å². The molecule has 0 aromatic heterocycles. The topological polar surface area (TPSA) is 38.3 Å². The molecule has 1 fully saturated rings. The first-order valence-corrected chi connectivity index (χ1v) is 7.74. The molecular formula is C17H25NO2. The Morgan fingerprint density at radius 3 is 2.50 bits per heavy atom. The predicted molar refractivity (Wildman–Crippen MR) is 80.7 cm³/mol. The smallest absolute Gasteiger partial charge is 0.223 e. The molecule has 1 N–H and O–H groups in total. The molecule has 1 aromatic rings. The fourth-order valence-electron chi connectivity index (χ4n) is 2.80. The van der Waals surface area contributed by atoms with E-state index in [0.29, 0.717) is 6.61 Å². The zero-order valence-electron chi connectivity index (χ0n) is 12.5. The second-order valence-corrected chi connectivity index (χ2v) is 5.57. The molecule has 0 saturated heterocycles. The number of amides is 1. The quantitative estimate of drug-likeness (QED) is 0.886. The van der Waals surface area contributed by atoms with E-state index in [0.717, 1.165) is 24.2 Å². The Balaban J connectivity index is 1.89. The second kappa shape index (κ2) is 7.32. The van der Waals surface area contributed by atoms with Gasteiger partial charge in [-0.05, 0) is 44.4 Å². The van der Waals surface area contributed by atoms with E-state index >= 15 is 0 Å². The number of carbonyl (C=O) groups is 1. The molecule has 0 spiro atoms. The normalized spacial score (nSPS) is 17.5. The fraction of sp³-hybridized carbons (Fsp3) is 0.588. The number of nitrogens with one attached hydrogen (secondary N) is 1.